The predicted molar refractivity (Wildman–Crippen MR) is 74.3 cm³/mol. The normalized spacial score (nSPS) is 10.5. The number of carboxylic acids is 1. The van der Waals surface area contributed by atoms with E-state index in [9.17, 15) is 19.2 Å². The van der Waals surface area contributed by atoms with Crippen molar-refractivity contribution in [2.24, 2.45) is 11.7 Å². The fourth-order valence-corrected chi connectivity index (χ4v) is 1.47. The molecule has 0 aromatic carbocycles. The highest BCUT2D eigenvalue weighted by molar-refractivity contribution is 5.95. The van der Waals surface area contributed by atoms with Gasteiger partial charge in [0.1, 0.15) is 0 Å². The molecule has 0 aromatic rings. The van der Waals surface area contributed by atoms with Gasteiger partial charge in [0.2, 0.25) is 11.8 Å². The number of hydrogen-bond donors (Lipinski definition) is 4. The SMILES string of the molecule is CC(C)CCNC(=O)NC(=O)CN(CC(N)=O)CC(=O)O. The summed E-state index contributed by atoms with van der Waals surface area (Å²) in [5, 5.41) is 13.2. The molecule has 9 heteroatoms. The van der Waals surface area contributed by atoms with Gasteiger partial charge in [-0.25, -0.2) is 4.79 Å². The third-order valence-electron chi connectivity index (χ3n) is 2.37. The number of nitrogens with two attached hydrogens (primary N) is 1. The second kappa shape index (κ2) is 9.70. The van der Waals surface area contributed by atoms with Crippen LogP contribution >= 0.6 is 0 Å². The van der Waals surface area contributed by atoms with Crippen LogP contribution in [0.5, 0.6) is 0 Å². The summed E-state index contributed by atoms with van der Waals surface area (Å²) >= 11 is 0. The van der Waals surface area contributed by atoms with Crippen LogP contribution < -0.4 is 16.4 Å². The Hall–Kier alpha value is -2.16. The van der Waals surface area contributed by atoms with Crippen molar-refractivity contribution in [2.45, 2.75) is 20.3 Å². The van der Waals surface area contributed by atoms with Gasteiger partial charge in [-0.2, -0.15) is 0 Å². The van der Waals surface area contributed by atoms with Crippen LogP contribution in [0.4, 0.5) is 4.79 Å². The summed E-state index contributed by atoms with van der Waals surface area (Å²) in [5.41, 5.74) is 4.96. The van der Waals surface area contributed by atoms with Gasteiger partial charge >= 0.3 is 12.0 Å². The monoisotopic (exact) mass is 302 g/mol. The van der Waals surface area contributed by atoms with E-state index in [1.165, 1.54) is 0 Å². The number of nitrogens with zero attached hydrogens (tertiary/aromatic N) is 1. The number of carbonyl (C=O) groups excluding carboxylic acids is 3. The molecular weight excluding hydrogens is 280 g/mol. The van der Waals surface area contributed by atoms with Gasteiger partial charge in [-0.05, 0) is 12.3 Å². The predicted octanol–water partition coefficient (Wildman–Crippen LogP) is -1.27. The van der Waals surface area contributed by atoms with Crippen LogP contribution in [0.25, 0.3) is 0 Å². The molecule has 0 aromatic heterocycles. The standard InChI is InChI=1S/C12H22N4O5/c1-8(2)3-4-14-12(21)15-10(18)6-16(5-9(13)17)7-11(19)20/h8H,3-7H2,1-2H3,(H2,13,17)(H,19,20)(H2,14,15,18,21). The van der Waals surface area contributed by atoms with Crippen LogP contribution in [0.3, 0.4) is 0 Å². The minimum absolute atomic E-state index is 0.380. The van der Waals surface area contributed by atoms with E-state index in [0.29, 0.717) is 12.5 Å². The van der Waals surface area contributed by atoms with E-state index in [1.807, 2.05) is 13.8 Å². The van der Waals surface area contributed by atoms with Gasteiger partial charge in [-0.1, -0.05) is 13.8 Å². The molecule has 0 aliphatic heterocycles. The van der Waals surface area contributed by atoms with Gasteiger partial charge in [0.05, 0.1) is 19.6 Å². The lowest BCUT2D eigenvalue weighted by atomic mass is 10.1. The number of urea groups is 1. The zero-order valence-electron chi connectivity index (χ0n) is 12.2. The van der Waals surface area contributed by atoms with E-state index < -0.39 is 36.9 Å². The van der Waals surface area contributed by atoms with Crippen molar-refractivity contribution < 1.29 is 24.3 Å². The zero-order chi connectivity index (χ0) is 16.4. The Morgan fingerprint density at radius 2 is 1.76 bits per heavy atom. The Labute approximate surface area is 122 Å². The molecule has 0 radical (unpaired) electrons. The first-order chi connectivity index (χ1) is 9.70. The molecule has 0 unspecified atom stereocenters. The number of nitrogens with one attached hydrogen (secondary N) is 2. The summed E-state index contributed by atoms with van der Waals surface area (Å²) in [4.78, 5) is 45.4. The zero-order valence-corrected chi connectivity index (χ0v) is 12.2. The molecule has 0 atom stereocenters. The summed E-state index contributed by atoms with van der Waals surface area (Å²) in [6.45, 7) is 3.11. The Morgan fingerprint density at radius 1 is 1.14 bits per heavy atom. The first-order valence-corrected chi connectivity index (χ1v) is 6.50. The first-order valence-electron chi connectivity index (χ1n) is 6.50. The van der Waals surface area contributed by atoms with Crippen LogP contribution in [0.15, 0.2) is 0 Å². The van der Waals surface area contributed by atoms with Crippen molar-refractivity contribution in [3.05, 3.63) is 0 Å². The van der Waals surface area contributed by atoms with Crippen LogP contribution in [-0.2, 0) is 14.4 Å². The van der Waals surface area contributed by atoms with Gasteiger partial charge in [0.25, 0.3) is 0 Å². The highest BCUT2D eigenvalue weighted by Gasteiger charge is 2.17. The first kappa shape index (κ1) is 18.8. The summed E-state index contributed by atoms with van der Waals surface area (Å²) in [6.07, 6.45) is 0.772. The van der Waals surface area contributed by atoms with Crippen molar-refractivity contribution >= 4 is 23.8 Å². The molecule has 5 N–H and O–H groups in total. The number of carbonyl (C=O) groups is 4. The van der Waals surface area contributed by atoms with Crippen molar-refractivity contribution in [3.8, 4) is 0 Å². The molecule has 0 aliphatic rings. The van der Waals surface area contributed by atoms with E-state index in [4.69, 9.17) is 10.8 Å². The molecule has 4 amide bonds. The maximum absolute atomic E-state index is 11.6. The molecule has 120 valence electrons. The van der Waals surface area contributed by atoms with Crippen molar-refractivity contribution in [2.75, 3.05) is 26.2 Å². The molecule has 0 heterocycles. The number of imide groups is 1. The lowest BCUT2D eigenvalue weighted by molar-refractivity contribution is -0.139. The van der Waals surface area contributed by atoms with Gasteiger partial charge in [-0.3, -0.25) is 24.6 Å². The Morgan fingerprint density at radius 3 is 2.24 bits per heavy atom. The number of aliphatic carboxylic acids is 1. The Bertz CT molecular complexity index is 381. The number of carboxylic acid groups (broad SMARTS) is 1. The van der Waals surface area contributed by atoms with Gasteiger partial charge < -0.3 is 16.2 Å². The summed E-state index contributed by atoms with van der Waals surface area (Å²) in [5.74, 6) is -2.25. The molecular formula is C12H22N4O5. The average Bonchev–Trinajstić information content (AvgIpc) is 2.25. The van der Waals surface area contributed by atoms with Crippen LogP contribution in [0.2, 0.25) is 0 Å². The van der Waals surface area contributed by atoms with Gasteiger partial charge in [0.15, 0.2) is 0 Å². The van der Waals surface area contributed by atoms with Crippen LogP contribution in [-0.4, -0.2) is 60.0 Å². The molecule has 0 fully saturated rings. The fourth-order valence-electron chi connectivity index (χ4n) is 1.47. The number of rotatable bonds is 9. The summed E-state index contributed by atoms with van der Waals surface area (Å²) in [6, 6.07) is -0.657. The molecule has 0 rings (SSSR count). The molecule has 0 saturated carbocycles. The highest BCUT2D eigenvalue weighted by atomic mass is 16.4. The highest BCUT2D eigenvalue weighted by Crippen LogP contribution is 1.96. The molecule has 0 saturated heterocycles. The smallest absolute Gasteiger partial charge is 0.321 e. The molecule has 9 nitrogen and oxygen atoms in total. The third kappa shape index (κ3) is 11.4. The topological polar surface area (TPSA) is 142 Å². The van der Waals surface area contributed by atoms with Gasteiger partial charge in [-0.15, -0.1) is 0 Å². The Balaban J connectivity index is 4.20. The van der Waals surface area contributed by atoms with Crippen molar-refractivity contribution in [1.82, 2.24) is 15.5 Å². The summed E-state index contributed by atoms with van der Waals surface area (Å²) in [7, 11) is 0. The maximum Gasteiger partial charge on any atom is 0.321 e. The molecule has 0 bridgehead atoms. The molecule has 21 heavy (non-hydrogen) atoms. The van der Waals surface area contributed by atoms with E-state index in [0.717, 1.165) is 11.3 Å². The second-order valence-corrected chi connectivity index (χ2v) is 4.99. The third-order valence-corrected chi connectivity index (χ3v) is 2.37. The fraction of sp³-hybridized carbons (Fsp3) is 0.667. The Kier molecular flexibility index (Phi) is 8.70. The van der Waals surface area contributed by atoms with Gasteiger partial charge in [0, 0.05) is 6.54 Å². The van der Waals surface area contributed by atoms with E-state index in [1.54, 1.807) is 0 Å². The number of hydrogen-bond acceptors (Lipinski definition) is 5. The largest absolute Gasteiger partial charge is 0.480 e. The number of amides is 4. The van der Waals surface area contributed by atoms with E-state index in [2.05, 4.69) is 10.6 Å². The lowest BCUT2D eigenvalue weighted by Crippen LogP contribution is -2.47. The molecule has 0 aliphatic carbocycles. The van der Waals surface area contributed by atoms with E-state index >= 15 is 0 Å². The van der Waals surface area contributed by atoms with Crippen LogP contribution in [0.1, 0.15) is 20.3 Å². The van der Waals surface area contributed by atoms with Crippen molar-refractivity contribution in [3.63, 3.8) is 0 Å². The van der Waals surface area contributed by atoms with Crippen LogP contribution in [0, 0.1) is 5.92 Å². The average molecular weight is 302 g/mol. The second-order valence-electron chi connectivity index (χ2n) is 4.99. The van der Waals surface area contributed by atoms with Crippen molar-refractivity contribution in [1.29, 1.82) is 0 Å². The minimum atomic E-state index is -1.20. The minimum Gasteiger partial charge on any atom is -0.480 e. The lowest BCUT2D eigenvalue weighted by Gasteiger charge is -2.17. The quantitative estimate of drug-likeness (QED) is 0.418. The number of primary amides is 1. The maximum atomic E-state index is 11.6. The summed E-state index contributed by atoms with van der Waals surface area (Å²) < 4.78 is 0. The van der Waals surface area contributed by atoms with E-state index in [-0.39, 0.29) is 6.54 Å². The molecule has 0 spiro atoms.